The van der Waals surface area contributed by atoms with Crippen LogP contribution in [0.1, 0.15) is 22.3 Å². The molecule has 2 aromatic carbocycles. The molecule has 0 fully saturated rings. The highest BCUT2D eigenvalue weighted by Gasteiger charge is 2.07. The minimum absolute atomic E-state index is 0.112. The maximum Gasteiger partial charge on any atom is 0.131 e. The van der Waals surface area contributed by atoms with Crippen LogP contribution in [0.5, 0.6) is 5.75 Å². The Balaban J connectivity index is 2.40. The van der Waals surface area contributed by atoms with Crippen LogP contribution in [0.25, 0.3) is 11.9 Å². The number of halogens is 2. The Morgan fingerprint density at radius 1 is 1.30 bits per heavy atom. The maximum atomic E-state index is 14.2. The number of hydrogen-bond donors (Lipinski definition) is 2. The van der Waals surface area contributed by atoms with Gasteiger partial charge in [0.2, 0.25) is 0 Å². The first kappa shape index (κ1) is 14.8. The third-order valence-electron chi connectivity index (χ3n) is 3.12. The lowest BCUT2D eigenvalue weighted by Gasteiger charge is -2.06. The lowest BCUT2D eigenvalue weighted by Crippen LogP contribution is -1.87. The summed E-state index contributed by atoms with van der Waals surface area (Å²) >= 11 is 3.40. The van der Waals surface area contributed by atoms with Gasteiger partial charge in [0.1, 0.15) is 11.6 Å². The Morgan fingerprint density at radius 2 is 2.05 bits per heavy atom. The minimum atomic E-state index is -0.439. The molecule has 2 N–H and O–H groups in total. The van der Waals surface area contributed by atoms with Crippen molar-refractivity contribution in [3.63, 3.8) is 0 Å². The van der Waals surface area contributed by atoms with Crippen LogP contribution in [-0.2, 0) is 6.61 Å². The summed E-state index contributed by atoms with van der Waals surface area (Å²) in [7, 11) is 0. The largest absolute Gasteiger partial charge is 0.508 e. The fourth-order valence-electron chi connectivity index (χ4n) is 1.85. The van der Waals surface area contributed by atoms with Gasteiger partial charge in [-0.3, -0.25) is 0 Å². The van der Waals surface area contributed by atoms with Crippen LogP contribution in [0.15, 0.2) is 40.9 Å². The molecule has 0 radical (unpaired) electrons. The van der Waals surface area contributed by atoms with E-state index in [-0.39, 0.29) is 17.9 Å². The quantitative estimate of drug-likeness (QED) is 0.814. The number of aliphatic hydroxyl groups is 1. The summed E-state index contributed by atoms with van der Waals surface area (Å²) in [6.07, 6.45) is 1.42. The van der Waals surface area contributed by atoms with E-state index in [9.17, 15) is 9.50 Å². The van der Waals surface area contributed by atoms with E-state index in [1.165, 1.54) is 24.3 Å². The van der Waals surface area contributed by atoms with Gasteiger partial charge in [-0.1, -0.05) is 40.2 Å². The smallest absolute Gasteiger partial charge is 0.131 e. The molecule has 0 saturated carbocycles. The highest BCUT2D eigenvalue weighted by atomic mass is 79.9. The molecule has 0 bridgehead atoms. The molecular formula is C16H14BrFO2. The average Bonchev–Trinajstić information content (AvgIpc) is 2.43. The minimum Gasteiger partial charge on any atom is -0.508 e. The fraction of sp³-hybridized carbons (Fsp3) is 0.125. The molecule has 0 atom stereocenters. The molecular weight excluding hydrogens is 323 g/mol. The van der Waals surface area contributed by atoms with E-state index in [4.69, 9.17) is 5.11 Å². The number of benzene rings is 2. The third kappa shape index (κ3) is 3.08. The zero-order valence-electron chi connectivity index (χ0n) is 10.9. The van der Waals surface area contributed by atoms with Crippen LogP contribution in [0, 0.1) is 6.92 Å². The first-order chi connectivity index (χ1) is 9.52. The van der Waals surface area contributed by atoms with Gasteiger partial charge in [-0.2, -0.15) is 0 Å². The van der Waals surface area contributed by atoms with Crippen molar-refractivity contribution < 1.29 is 14.6 Å². The molecule has 20 heavy (non-hydrogen) atoms. The van der Waals surface area contributed by atoms with Crippen molar-refractivity contribution in [2.24, 2.45) is 0 Å². The topological polar surface area (TPSA) is 40.5 Å². The van der Waals surface area contributed by atoms with Crippen molar-refractivity contribution in [3.05, 3.63) is 63.1 Å². The molecule has 4 heteroatoms. The van der Waals surface area contributed by atoms with Crippen LogP contribution in [0.4, 0.5) is 4.39 Å². The third-order valence-corrected chi connectivity index (χ3v) is 3.98. The molecule has 0 saturated heterocycles. The molecule has 0 aliphatic carbocycles. The summed E-state index contributed by atoms with van der Waals surface area (Å²) in [5.41, 5.74) is 2.36. The van der Waals surface area contributed by atoms with Crippen LogP contribution < -0.4 is 0 Å². The van der Waals surface area contributed by atoms with Crippen LogP contribution >= 0.6 is 15.9 Å². The molecule has 0 aromatic heterocycles. The van der Waals surface area contributed by atoms with Crippen molar-refractivity contribution in [2.75, 3.05) is 0 Å². The van der Waals surface area contributed by atoms with E-state index in [2.05, 4.69) is 15.9 Å². The zero-order chi connectivity index (χ0) is 14.7. The molecule has 0 unspecified atom stereocenters. The second kappa shape index (κ2) is 6.20. The summed E-state index contributed by atoms with van der Waals surface area (Å²) in [5, 5.41) is 18.6. The van der Waals surface area contributed by atoms with Gasteiger partial charge < -0.3 is 10.2 Å². The number of aromatic hydroxyl groups is 1. The van der Waals surface area contributed by atoms with E-state index >= 15 is 0 Å². The Hall–Kier alpha value is -1.65. The second-order valence-corrected chi connectivity index (χ2v) is 5.30. The highest BCUT2D eigenvalue weighted by Crippen LogP contribution is 2.28. The number of rotatable bonds is 3. The van der Waals surface area contributed by atoms with E-state index in [1.807, 2.05) is 25.1 Å². The monoisotopic (exact) mass is 336 g/mol. The van der Waals surface area contributed by atoms with Crippen LogP contribution in [-0.4, -0.2) is 10.2 Å². The molecule has 2 nitrogen and oxygen atoms in total. The van der Waals surface area contributed by atoms with E-state index in [0.29, 0.717) is 5.56 Å². The molecule has 0 aliphatic rings. The predicted molar refractivity (Wildman–Crippen MR) is 81.9 cm³/mol. The van der Waals surface area contributed by atoms with Crippen molar-refractivity contribution >= 4 is 27.8 Å². The van der Waals surface area contributed by atoms with Gasteiger partial charge in [0, 0.05) is 15.6 Å². The first-order valence-corrected chi connectivity index (χ1v) is 6.87. The zero-order valence-corrected chi connectivity index (χ0v) is 12.5. The van der Waals surface area contributed by atoms with E-state index in [0.717, 1.165) is 15.6 Å². The summed E-state index contributed by atoms with van der Waals surface area (Å²) in [6.45, 7) is 1.62. The molecule has 0 spiro atoms. The Kier molecular flexibility index (Phi) is 4.57. The van der Waals surface area contributed by atoms with Gasteiger partial charge in [-0.25, -0.2) is 4.39 Å². The van der Waals surface area contributed by atoms with Gasteiger partial charge in [-0.05, 0) is 36.3 Å². The summed E-state index contributed by atoms with van der Waals surface area (Å²) in [5.74, 6) is -0.550. The number of phenols is 1. The van der Waals surface area contributed by atoms with Gasteiger partial charge >= 0.3 is 0 Å². The molecule has 0 heterocycles. The SMILES string of the molecule is Cc1c(Br)cccc1/C=C(\F)c1ccc(CO)c(O)c1. The van der Waals surface area contributed by atoms with Gasteiger partial charge in [-0.15, -0.1) is 0 Å². The predicted octanol–water partition coefficient (Wildman–Crippen LogP) is 4.42. The molecule has 0 aliphatic heterocycles. The van der Waals surface area contributed by atoms with Crippen molar-refractivity contribution in [2.45, 2.75) is 13.5 Å². The first-order valence-electron chi connectivity index (χ1n) is 6.08. The molecule has 2 rings (SSSR count). The fourth-order valence-corrected chi connectivity index (χ4v) is 2.23. The van der Waals surface area contributed by atoms with Crippen molar-refractivity contribution in [1.82, 2.24) is 0 Å². The van der Waals surface area contributed by atoms with E-state index < -0.39 is 5.83 Å². The Morgan fingerprint density at radius 3 is 2.70 bits per heavy atom. The highest BCUT2D eigenvalue weighted by molar-refractivity contribution is 9.10. The number of hydrogen-bond acceptors (Lipinski definition) is 2. The van der Waals surface area contributed by atoms with Crippen molar-refractivity contribution in [1.29, 1.82) is 0 Å². The van der Waals surface area contributed by atoms with E-state index in [1.54, 1.807) is 0 Å². The van der Waals surface area contributed by atoms with Crippen LogP contribution in [0.3, 0.4) is 0 Å². The maximum absolute atomic E-state index is 14.2. The Bertz CT molecular complexity index is 666. The second-order valence-electron chi connectivity index (χ2n) is 4.45. The Labute approximate surface area is 125 Å². The summed E-state index contributed by atoms with van der Waals surface area (Å²) in [4.78, 5) is 0. The summed E-state index contributed by atoms with van der Waals surface area (Å²) < 4.78 is 15.1. The lowest BCUT2D eigenvalue weighted by atomic mass is 10.1. The lowest BCUT2D eigenvalue weighted by molar-refractivity contribution is 0.275. The molecule has 2 aromatic rings. The normalized spacial score (nSPS) is 11.7. The van der Waals surface area contributed by atoms with Crippen LogP contribution in [0.2, 0.25) is 0 Å². The van der Waals surface area contributed by atoms with Crippen molar-refractivity contribution in [3.8, 4) is 5.75 Å². The standard InChI is InChI=1S/C16H14BrFO2/c1-10-11(3-2-4-14(10)17)7-15(18)12-5-6-13(9-19)16(20)8-12/h2-8,19-20H,9H2,1H3/b15-7-. The van der Waals surface area contributed by atoms with Gasteiger partial charge in [0.15, 0.2) is 0 Å². The number of aliphatic hydroxyl groups excluding tert-OH is 1. The molecule has 0 amide bonds. The summed E-state index contributed by atoms with van der Waals surface area (Å²) in [6, 6.07) is 9.90. The molecule has 104 valence electrons. The van der Waals surface area contributed by atoms with Gasteiger partial charge in [0.05, 0.1) is 6.61 Å². The van der Waals surface area contributed by atoms with Gasteiger partial charge in [0.25, 0.3) is 0 Å². The average molecular weight is 337 g/mol.